The fraction of sp³-hybridized carbons (Fsp3) is 0.286. The molecule has 1 aliphatic carbocycles. The number of alkyl carbamates (subject to hydrolysis) is 1. The lowest BCUT2D eigenvalue weighted by molar-refractivity contribution is -0.137. The van der Waals surface area contributed by atoms with Gasteiger partial charge in [-0.15, -0.1) is 0 Å². The summed E-state index contributed by atoms with van der Waals surface area (Å²) in [6.45, 7) is 2.36. The zero-order chi connectivity index (χ0) is 25.9. The molecule has 0 aromatic heterocycles. The molecule has 2 amide bonds. The molecule has 188 valence electrons. The highest BCUT2D eigenvalue weighted by molar-refractivity contribution is 6.09. The molecule has 1 aliphatic rings. The van der Waals surface area contributed by atoms with E-state index >= 15 is 0 Å². The molecule has 0 fully saturated rings. The van der Waals surface area contributed by atoms with E-state index in [1.54, 1.807) is 12.1 Å². The summed E-state index contributed by atoms with van der Waals surface area (Å²) < 4.78 is 43.6. The largest absolute Gasteiger partial charge is 0.453 e. The van der Waals surface area contributed by atoms with Gasteiger partial charge in [0.25, 0.3) is 5.91 Å². The van der Waals surface area contributed by atoms with Crippen molar-refractivity contribution < 1.29 is 27.5 Å². The third kappa shape index (κ3) is 5.70. The maximum absolute atomic E-state index is 13.2. The van der Waals surface area contributed by atoms with Gasteiger partial charge < -0.3 is 15.4 Å². The zero-order valence-corrected chi connectivity index (χ0v) is 20.0. The van der Waals surface area contributed by atoms with E-state index in [2.05, 4.69) is 15.4 Å². The summed E-state index contributed by atoms with van der Waals surface area (Å²) in [4.78, 5) is 24.5. The highest BCUT2D eigenvalue weighted by Gasteiger charge is 2.30. The predicted molar refractivity (Wildman–Crippen MR) is 132 cm³/mol. The second kappa shape index (κ2) is 10.4. The molecule has 0 bridgehead atoms. The van der Waals surface area contributed by atoms with Crippen molar-refractivity contribution in [1.82, 2.24) is 5.32 Å². The molecule has 4 rings (SSSR count). The second-order valence-electron chi connectivity index (χ2n) is 8.99. The number of methoxy groups -OCH3 is 1. The van der Waals surface area contributed by atoms with Crippen LogP contribution in [0, 0.1) is 12.8 Å². The molecule has 0 radical (unpaired) electrons. The molecule has 0 saturated heterocycles. The minimum atomic E-state index is -4.42. The number of hydrogen-bond donors (Lipinski definition) is 2. The Morgan fingerprint density at radius 2 is 1.72 bits per heavy atom. The third-order valence-corrected chi connectivity index (χ3v) is 6.51. The van der Waals surface area contributed by atoms with Crippen molar-refractivity contribution in [3.63, 3.8) is 0 Å². The molecule has 36 heavy (non-hydrogen) atoms. The summed E-state index contributed by atoms with van der Waals surface area (Å²) in [7, 11) is 1.33. The highest BCUT2D eigenvalue weighted by atomic mass is 19.4. The van der Waals surface area contributed by atoms with E-state index in [4.69, 9.17) is 0 Å². The first-order valence-corrected chi connectivity index (χ1v) is 11.7. The minimum absolute atomic E-state index is 0.328. The summed E-state index contributed by atoms with van der Waals surface area (Å²) in [5.74, 6) is 0.0662. The van der Waals surface area contributed by atoms with Crippen LogP contribution in [0.5, 0.6) is 0 Å². The van der Waals surface area contributed by atoms with E-state index in [9.17, 15) is 22.8 Å². The van der Waals surface area contributed by atoms with Gasteiger partial charge in [0, 0.05) is 17.8 Å². The molecule has 1 atom stereocenters. The van der Waals surface area contributed by atoms with Gasteiger partial charge in [0.1, 0.15) is 0 Å². The molecule has 0 aliphatic heterocycles. The molecule has 0 saturated carbocycles. The number of alkyl halides is 3. The number of anilines is 1. The average Bonchev–Trinajstić information content (AvgIpc) is 3.25. The molecule has 0 heterocycles. The van der Waals surface area contributed by atoms with Crippen molar-refractivity contribution >= 4 is 17.7 Å². The van der Waals surface area contributed by atoms with Gasteiger partial charge >= 0.3 is 12.3 Å². The van der Waals surface area contributed by atoms with Crippen LogP contribution in [0.15, 0.2) is 60.7 Å². The number of amides is 2. The minimum Gasteiger partial charge on any atom is -0.453 e. The monoisotopic (exact) mass is 496 g/mol. The Bertz CT molecular complexity index is 1270. The van der Waals surface area contributed by atoms with Crippen LogP contribution in [0.3, 0.4) is 0 Å². The van der Waals surface area contributed by atoms with E-state index in [1.165, 1.54) is 24.8 Å². The lowest BCUT2D eigenvalue weighted by Gasteiger charge is -2.15. The predicted octanol–water partition coefficient (Wildman–Crippen LogP) is 6.39. The van der Waals surface area contributed by atoms with Crippen molar-refractivity contribution in [2.24, 2.45) is 5.92 Å². The lowest BCUT2D eigenvalue weighted by atomic mass is 9.93. The number of carbonyl (C=O) groups excluding carboxylic acids is 2. The van der Waals surface area contributed by atoms with Crippen LogP contribution in [-0.2, 0) is 23.8 Å². The molecule has 8 heteroatoms. The van der Waals surface area contributed by atoms with Gasteiger partial charge in [0.05, 0.1) is 12.7 Å². The first-order chi connectivity index (χ1) is 17.2. The number of hydrogen-bond acceptors (Lipinski definition) is 3. The van der Waals surface area contributed by atoms with Crippen LogP contribution in [0.2, 0.25) is 0 Å². The zero-order valence-electron chi connectivity index (χ0n) is 20.0. The number of ether oxygens (including phenoxy) is 1. The third-order valence-electron chi connectivity index (χ3n) is 6.51. The smallest absolute Gasteiger partial charge is 0.416 e. The van der Waals surface area contributed by atoms with Crippen LogP contribution >= 0.6 is 0 Å². The van der Waals surface area contributed by atoms with Crippen LogP contribution in [0.1, 0.15) is 39.0 Å². The number of nitrogens with one attached hydrogen (secondary N) is 2. The van der Waals surface area contributed by atoms with Crippen LogP contribution in [0.25, 0.3) is 11.1 Å². The number of halogens is 3. The topological polar surface area (TPSA) is 67.4 Å². The van der Waals surface area contributed by atoms with Crippen LogP contribution in [0.4, 0.5) is 23.7 Å². The van der Waals surface area contributed by atoms with Gasteiger partial charge in [-0.05, 0) is 90.3 Å². The van der Waals surface area contributed by atoms with Gasteiger partial charge in [0.2, 0.25) is 0 Å². The van der Waals surface area contributed by atoms with Crippen molar-refractivity contribution in [1.29, 1.82) is 0 Å². The first kappa shape index (κ1) is 25.3. The maximum atomic E-state index is 13.2. The molecule has 3 aromatic carbocycles. The van der Waals surface area contributed by atoms with E-state index < -0.39 is 17.8 Å². The molecule has 2 N–H and O–H groups in total. The Balaban J connectivity index is 1.49. The van der Waals surface area contributed by atoms with Crippen LogP contribution < -0.4 is 10.6 Å². The fourth-order valence-electron chi connectivity index (χ4n) is 4.71. The lowest BCUT2D eigenvalue weighted by Crippen LogP contribution is -2.25. The highest BCUT2D eigenvalue weighted by Crippen LogP contribution is 2.34. The molecular formula is C28H27F3N2O3. The van der Waals surface area contributed by atoms with E-state index in [-0.39, 0.29) is 5.91 Å². The molecule has 5 nitrogen and oxygen atoms in total. The number of benzene rings is 3. The van der Waals surface area contributed by atoms with Crippen molar-refractivity contribution in [3.8, 4) is 11.1 Å². The summed E-state index contributed by atoms with van der Waals surface area (Å²) in [5, 5.41) is 5.65. The molecule has 1 unspecified atom stereocenters. The fourth-order valence-corrected chi connectivity index (χ4v) is 4.71. The Hall–Kier alpha value is -3.81. The van der Waals surface area contributed by atoms with E-state index in [1.807, 2.05) is 31.2 Å². The summed E-state index contributed by atoms with van der Waals surface area (Å²) in [6, 6.07) is 15.9. The van der Waals surface area contributed by atoms with Gasteiger partial charge in [-0.1, -0.05) is 30.3 Å². The number of aryl methyl sites for hydroxylation is 1. The number of rotatable bonds is 6. The van der Waals surface area contributed by atoms with Crippen molar-refractivity contribution in [2.45, 2.75) is 32.4 Å². The summed E-state index contributed by atoms with van der Waals surface area (Å²) in [6.07, 6.45) is -2.28. The van der Waals surface area contributed by atoms with Gasteiger partial charge in [-0.25, -0.2) is 4.79 Å². The number of carbonyl (C=O) groups is 2. The standard InChI is InChI=1S/C28H27F3N2O3/c1-17-4-3-5-24(25(17)19-6-9-22(10-7-19)28(29,30)31)26(34)33-23-11-8-20-14-18(15-21(20)16-23)12-13-32-27(35)36-2/h3-11,16,18H,12-15H2,1-2H3,(H,32,35)(H,33,34). The van der Waals surface area contributed by atoms with Crippen LogP contribution in [-0.4, -0.2) is 25.7 Å². The second-order valence-corrected chi connectivity index (χ2v) is 8.99. The first-order valence-electron chi connectivity index (χ1n) is 11.7. The van der Waals surface area contributed by atoms with Gasteiger partial charge in [0.15, 0.2) is 0 Å². The summed E-state index contributed by atoms with van der Waals surface area (Å²) in [5.41, 5.74) is 4.63. The number of fused-ring (bicyclic) bond motifs is 1. The normalized spacial score (nSPS) is 14.8. The van der Waals surface area contributed by atoms with Gasteiger partial charge in [-0.3, -0.25) is 4.79 Å². The Morgan fingerprint density at radius 1 is 1.00 bits per heavy atom. The Kier molecular flexibility index (Phi) is 7.33. The SMILES string of the molecule is COC(=O)NCCC1Cc2ccc(NC(=O)c3cccc(C)c3-c3ccc(C(F)(F)F)cc3)cc2C1. The Labute approximate surface area is 207 Å². The summed E-state index contributed by atoms with van der Waals surface area (Å²) >= 11 is 0. The van der Waals surface area contributed by atoms with Crippen molar-refractivity contribution in [3.05, 3.63) is 88.5 Å². The van der Waals surface area contributed by atoms with Crippen molar-refractivity contribution in [2.75, 3.05) is 19.0 Å². The maximum Gasteiger partial charge on any atom is 0.416 e. The molecular weight excluding hydrogens is 469 g/mol. The molecule has 3 aromatic rings. The quantitative estimate of drug-likeness (QED) is 0.415. The molecule has 0 spiro atoms. The average molecular weight is 497 g/mol. The Morgan fingerprint density at radius 3 is 2.42 bits per heavy atom. The van der Waals surface area contributed by atoms with E-state index in [0.717, 1.165) is 42.5 Å². The van der Waals surface area contributed by atoms with E-state index in [0.29, 0.717) is 34.8 Å². The van der Waals surface area contributed by atoms with Gasteiger partial charge in [-0.2, -0.15) is 13.2 Å².